The summed E-state index contributed by atoms with van der Waals surface area (Å²) in [6, 6.07) is 6.72. The number of benzene rings is 1. The number of nitrogens with zero attached hydrogens (tertiary/aromatic N) is 2. The molecule has 1 aromatic heterocycles. The Kier molecular flexibility index (Phi) is 4.38. The van der Waals surface area contributed by atoms with Gasteiger partial charge in [-0.25, -0.2) is 0 Å². The summed E-state index contributed by atoms with van der Waals surface area (Å²) in [6.07, 6.45) is 4.88. The van der Waals surface area contributed by atoms with Crippen molar-refractivity contribution in [1.29, 1.82) is 0 Å². The fourth-order valence-corrected chi connectivity index (χ4v) is 2.35. The Morgan fingerprint density at radius 2 is 2.04 bits per heavy atom. The molecule has 2 N–H and O–H groups in total. The highest BCUT2D eigenvalue weighted by Gasteiger charge is 2.21. The molecular weight excluding hydrogens is 322 g/mol. The Bertz CT molecular complexity index is 874. The van der Waals surface area contributed by atoms with Crippen LogP contribution in [0.3, 0.4) is 0 Å². The van der Waals surface area contributed by atoms with Crippen molar-refractivity contribution >= 4 is 17.6 Å². The van der Waals surface area contributed by atoms with E-state index in [1.807, 2.05) is 6.07 Å². The molecular formula is C18H17N3O4. The second-order valence-electron chi connectivity index (χ2n) is 5.75. The number of rotatable bonds is 4. The standard InChI is InChI=1S/C18H17N3O4/c1-21(2)16(22)7-11-6-12(9-20-8-11)15-10-24-17-13(18(19)23)4-3-5-14(17)25-15/h3-6,8-10H,7H2,1-2H3,(H2,19,23). The minimum atomic E-state index is -0.594. The third kappa shape index (κ3) is 3.45. The van der Waals surface area contributed by atoms with E-state index >= 15 is 0 Å². The lowest BCUT2D eigenvalue weighted by Gasteiger charge is -2.20. The average molecular weight is 339 g/mol. The maximum atomic E-state index is 11.8. The highest BCUT2D eigenvalue weighted by Crippen LogP contribution is 2.37. The van der Waals surface area contributed by atoms with Gasteiger partial charge >= 0.3 is 0 Å². The van der Waals surface area contributed by atoms with Crippen LogP contribution in [0.4, 0.5) is 0 Å². The van der Waals surface area contributed by atoms with Crippen molar-refractivity contribution in [3.63, 3.8) is 0 Å². The SMILES string of the molecule is CN(C)C(=O)Cc1cncc(C2=COc3c(cccc3C(N)=O)O2)c1. The van der Waals surface area contributed by atoms with E-state index in [0.717, 1.165) is 5.56 Å². The third-order valence-electron chi connectivity index (χ3n) is 3.68. The Morgan fingerprint density at radius 1 is 1.24 bits per heavy atom. The number of likely N-dealkylation sites (N-methyl/N-ethyl adjacent to an activating group) is 1. The summed E-state index contributed by atoms with van der Waals surface area (Å²) < 4.78 is 11.4. The van der Waals surface area contributed by atoms with Gasteiger partial charge in [-0.05, 0) is 23.8 Å². The molecule has 0 atom stereocenters. The first kappa shape index (κ1) is 16.5. The Balaban J connectivity index is 1.86. The summed E-state index contributed by atoms with van der Waals surface area (Å²) in [6.45, 7) is 0. The van der Waals surface area contributed by atoms with Crippen LogP contribution in [-0.2, 0) is 11.2 Å². The Morgan fingerprint density at radius 3 is 2.76 bits per heavy atom. The van der Waals surface area contributed by atoms with Crippen LogP contribution in [0.15, 0.2) is 42.9 Å². The molecule has 7 nitrogen and oxygen atoms in total. The molecule has 0 spiro atoms. The fraction of sp³-hybridized carbons (Fsp3) is 0.167. The number of nitrogens with two attached hydrogens (primary N) is 1. The van der Waals surface area contributed by atoms with Crippen LogP contribution in [0.2, 0.25) is 0 Å². The number of carbonyl (C=O) groups is 2. The predicted octanol–water partition coefficient (Wildman–Crippen LogP) is 1.58. The molecule has 2 amide bonds. The molecule has 2 aromatic rings. The van der Waals surface area contributed by atoms with Crippen molar-refractivity contribution in [2.45, 2.75) is 6.42 Å². The number of ether oxygens (including phenoxy) is 2. The van der Waals surface area contributed by atoms with Crippen LogP contribution in [0, 0.1) is 0 Å². The summed E-state index contributed by atoms with van der Waals surface area (Å²) in [5.74, 6) is 0.489. The number of primary amides is 1. The van der Waals surface area contributed by atoms with Crippen molar-refractivity contribution in [1.82, 2.24) is 9.88 Å². The third-order valence-corrected chi connectivity index (χ3v) is 3.68. The van der Waals surface area contributed by atoms with Crippen molar-refractivity contribution in [3.8, 4) is 11.5 Å². The normalized spacial score (nSPS) is 12.3. The van der Waals surface area contributed by atoms with Crippen molar-refractivity contribution in [2.75, 3.05) is 14.1 Å². The molecule has 0 unspecified atom stereocenters. The van der Waals surface area contributed by atoms with Gasteiger partial charge in [0.25, 0.3) is 5.91 Å². The lowest BCUT2D eigenvalue weighted by Crippen LogP contribution is -2.23. The summed E-state index contributed by atoms with van der Waals surface area (Å²) in [7, 11) is 3.40. The summed E-state index contributed by atoms with van der Waals surface area (Å²) >= 11 is 0. The number of para-hydroxylation sites is 1. The largest absolute Gasteiger partial charge is 0.456 e. The summed E-state index contributed by atoms with van der Waals surface area (Å²) in [5, 5.41) is 0. The van der Waals surface area contributed by atoms with Crippen LogP contribution < -0.4 is 15.2 Å². The maximum absolute atomic E-state index is 11.8. The van der Waals surface area contributed by atoms with E-state index in [0.29, 0.717) is 17.1 Å². The molecule has 0 aliphatic carbocycles. The fourth-order valence-electron chi connectivity index (χ4n) is 2.35. The van der Waals surface area contributed by atoms with E-state index in [-0.39, 0.29) is 23.6 Å². The van der Waals surface area contributed by atoms with Crippen LogP contribution in [0.5, 0.6) is 11.5 Å². The molecule has 25 heavy (non-hydrogen) atoms. The van der Waals surface area contributed by atoms with E-state index in [1.165, 1.54) is 11.2 Å². The van der Waals surface area contributed by atoms with Gasteiger partial charge in [0.15, 0.2) is 17.3 Å². The second-order valence-corrected chi connectivity index (χ2v) is 5.75. The van der Waals surface area contributed by atoms with Crippen molar-refractivity contribution < 1.29 is 19.1 Å². The zero-order valence-corrected chi connectivity index (χ0v) is 13.9. The van der Waals surface area contributed by atoms with Crippen LogP contribution in [-0.4, -0.2) is 35.8 Å². The van der Waals surface area contributed by atoms with Gasteiger partial charge in [-0.3, -0.25) is 14.6 Å². The van der Waals surface area contributed by atoms with E-state index in [1.54, 1.807) is 44.7 Å². The van der Waals surface area contributed by atoms with E-state index in [2.05, 4.69) is 4.98 Å². The quantitative estimate of drug-likeness (QED) is 0.912. The second kappa shape index (κ2) is 6.64. The molecule has 3 rings (SSSR count). The maximum Gasteiger partial charge on any atom is 0.252 e. The lowest BCUT2D eigenvalue weighted by molar-refractivity contribution is -0.127. The zero-order valence-electron chi connectivity index (χ0n) is 13.9. The molecule has 0 fully saturated rings. The molecule has 1 aliphatic rings. The molecule has 1 aliphatic heterocycles. The van der Waals surface area contributed by atoms with E-state index in [4.69, 9.17) is 15.2 Å². The first-order valence-electron chi connectivity index (χ1n) is 7.57. The minimum Gasteiger partial charge on any atom is -0.456 e. The molecule has 0 radical (unpaired) electrons. The first-order chi connectivity index (χ1) is 12.0. The zero-order chi connectivity index (χ0) is 18.0. The highest BCUT2D eigenvalue weighted by atomic mass is 16.6. The number of carbonyl (C=O) groups excluding carboxylic acids is 2. The Labute approximate surface area is 144 Å². The summed E-state index contributed by atoms with van der Waals surface area (Å²) in [5.41, 5.74) is 7.01. The topological polar surface area (TPSA) is 94.8 Å². The van der Waals surface area contributed by atoms with Gasteiger partial charge in [0.05, 0.1) is 12.0 Å². The molecule has 128 valence electrons. The van der Waals surface area contributed by atoms with Crippen molar-refractivity contribution in [2.24, 2.45) is 5.73 Å². The molecule has 2 heterocycles. The van der Waals surface area contributed by atoms with Gasteiger partial charge in [-0.15, -0.1) is 0 Å². The van der Waals surface area contributed by atoms with E-state index < -0.39 is 5.91 Å². The molecule has 7 heteroatoms. The number of fused-ring (bicyclic) bond motifs is 1. The average Bonchev–Trinajstić information content (AvgIpc) is 2.60. The van der Waals surface area contributed by atoms with Gasteiger partial charge in [-0.2, -0.15) is 0 Å². The molecule has 0 saturated heterocycles. The predicted molar refractivity (Wildman–Crippen MR) is 90.8 cm³/mol. The monoisotopic (exact) mass is 339 g/mol. The molecule has 1 aromatic carbocycles. The Hall–Kier alpha value is -3.35. The van der Waals surface area contributed by atoms with Gasteiger partial charge < -0.3 is 20.1 Å². The first-order valence-corrected chi connectivity index (χ1v) is 7.57. The number of hydrogen-bond acceptors (Lipinski definition) is 5. The smallest absolute Gasteiger partial charge is 0.252 e. The highest BCUT2D eigenvalue weighted by molar-refractivity contribution is 5.97. The lowest BCUT2D eigenvalue weighted by atomic mass is 10.1. The number of aromatic nitrogens is 1. The van der Waals surface area contributed by atoms with Crippen LogP contribution in [0.1, 0.15) is 21.5 Å². The van der Waals surface area contributed by atoms with Crippen molar-refractivity contribution in [3.05, 3.63) is 59.6 Å². The van der Waals surface area contributed by atoms with E-state index in [9.17, 15) is 9.59 Å². The van der Waals surface area contributed by atoms with Gasteiger partial charge in [-0.1, -0.05) is 6.07 Å². The summed E-state index contributed by atoms with van der Waals surface area (Å²) in [4.78, 5) is 29.0. The van der Waals surface area contributed by atoms with Gasteiger partial charge in [0, 0.05) is 32.1 Å². The molecule has 0 bridgehead atoms. The minimum absolute atomic E-state index is 0.0230. The number of hydrogen-bond donors (Lipinski definition) is 1. The van der Waals surface area contributed by atoms with Crippen LogP contribution in [0.25, 0.3) is 5.76 Å². The van der Waals surface area contributed by atoms with Gasteiger partial charge in [0.1, 0.15) is 6.26 Å². The van der Waals surface area contributed by atoms with Gasteiger partial charge in [0.2, 0.25) is 5.91 Å². The molecule has 0 saturated carbocycles. The number of amides is 2. The number of pyridine rings is 1. The van der Waals surface area contributed by atoms with Crippen LogP contribution >= 0.6 is 0 Å².